The molecule has 0 radical (unpaired) electrons. The number of hydrogen-bond acceptors (Lipinski definition) is 5. The molecule has 0 saturated carbocycles. The standard InChI is InChI=1S/C19H21F3N4O3/c20-19(21,22)18(5-6-23-10-18)24-8-11-1-2-12-9-26(17(29)13(12)7-11)14-3-4-15(27)25-16(14)28/h1-2,7,14,23-24H,3-6,8-10H2,(H,25,27,28). The summed E-state index contributed by atoms with van der Waals surface area (Å²) < 4.78 is 40.5. The van der Waals surface area contributed by atoms with Gasteiger partial charge < -0.3 is 10.2 Å². The van der Waals surface area contributed by atoms with Crippen molar-refractivity contribution in [2.75, 3.05) is 13.1 Å². The summed E-state index contributed by atoms with van der Waals surface area (Å²) in [5.41, 5.74) is -0.303. The molecule has 3 N–H and O–H groups in total. The van der Waals surface area contributed by atoms with Gasteiger partial charge in [0, 0.05) is 31.6 Å². The molecule has 3 amide bonds. The first kappa shape index (κ1) is 19.8. The molecule has 29 heavy (non-hydrogen) atoms. The Morgan fingerprint density at radius 3 is 2.69 bits per heavy atom. The molecule has 10 heteroatoms. The molecular weight excluding hydrogens is 389 g/mol. The number of fused-ring (bicyclic) bond motifs is 1. The van der Waals surface area contributed by atoms with Crippen LogP contribution in [0.25, 0.3) is 0 Å². The van der Waals surface area contributed by atoms with Crippen LogP contribution in [0, 0.1) is 0 Å². The zero-order valence-electron chi connectivity index (χ0n) is 15.6. The van der Waals surface area contributed by atoms with E-state index in [0.29, 0.717) is 11.1 Å². The smallest absolute Gasteiger partial charge is 0.322 e. The molecule has 0 bridgehead atoms. The summed E-state index contributed by atoms with van der Waals surface area (Å²) in [6.07, 6.45) is -4.01. The number of nitrogens with one attached hydrogen (secondary N) is 3. The van der Waals surface area contributed by atoms with Crippen molar-refractivity contribution in [3.05, 3.63) is 34.9 Å². The van der Waals surface area contributed by atoms with Crippen molar-refractivity contribution in [2.24, 2.45) is 0 Å². The van der Waals surface area contributed by atoms with Crippen LogP contribution in [0.3, 0.4) is 0 Å². The Bertz CT molecular complexity index is 865. The molecular formula is C19H21F3N4O3. The van der Waals surface area contributed by atoms with Crippen LogP contribution in [-0.2, 0) is 22.7 Å². The largest absolute Gasteiger partial charge is 0.407 e. The van der Waals surface area contributed by atoms with Gasteiger partial charge in [-0.15, -0.1) is 0 Å². The van der Waals surface area contributed by atoms with Crippen molar-refractivity contribution in [2.45, 2.75) is 50.1 Å². The molecule has 0 spiro atoms. The van der Waals surface area contributed by atoms with Crippen LogP contribution in [0.1, 0.15) is 40.7 Å². The summed E-state index contributed by atoms with van der Waals surface area (Å²) in [6, 6.07) is 4.28. The van der Waals surface area contributed by atoms with Crippen LogP contribution in [0.5, 0.6) is 0 Å². The van der Waals surface area contributed by atoms with Crippen LogP contribution in [0.15, 0.2) is 18.2 Å². The Balaban J connectivity index is 1.48. The topological polar surface area (TPSA) is 90.5 Å². The summed E-state index contributed by atoms with van der Waals surface area (Å²) in [5.74, 6) is -1.20. The fourth-order valence-electron chi connectivity index (χ4n) is 4.17. The Labute approximate surface area is 165 Å². The second-order valence-electron chi connectivity index (χ2n) is 7.75. The maximum Gasteiger partial charge on any atom is 0.407 e. The minimum absolute atomic E-state index is 0.0276. The minimum atomic E-state index is -4.38. The monoisotopic (exact) mass is 410 g/mol. The second kappa shape index (κ2) is 7.10. The lowest BCUT2D eigenvalue weighted by atomic mass is 9.97. The SMILES string of the molecule is O=C1CCC(N2Cc3ccc(CNC4(C(F)(F)F)CCNC4)cc3C2=O)C(=O)N1. The van der Waals surface area contributed by atoms with Gasteiger partial charge in [0.2, 0.25) is 11.8 Å². The van der Waals surface area contributed by atoms with Crippen LogP contribution < -0.4 is 16.0 Å². The van der Waals surface area contributed by atoms with Gasteiger partial charge >= 0.3 is 6.18 Å². The van der Waals surface area contributed by atoms with E-state index in [1.54, 1.807) is 18.2 Å². The normalized spacial score (nSPS) is 27.3. The number of imide groups is 1. The Kier molecular flexibility index (Phi) is 4.86. The number of alkyl halides is 3. The van der Waals surface area contributed by atoms with Crippen LogP contribution in [0.4, 0.5) is 13.2 Å². The number of halogens is 3. The van der Waals surface area contributed by atoms with E-state index in [2.05, 4.69) is 16.0 Å². The lowest BCUT2D eigenvalue weighted by molar-refractivity contribution is -0.191. The van der Waals surface area contributed by atoms with E-state index in [1.807, 2.05) is 0 Å². The first-order chi connectivity index (χ1) is 13.7. The predicted molar refractivity (Wildman–Crippen MR) is 95.6 cm³/mol. The number of hydrogen-bond donors (Lipinski definition) is 3. The van der Waals surface area contributed by atoms with Gasteiger partial charge in [-0.3, -0.25) is 25.0 Å². The quantitative estimate of drug-likeness (QED) is 0.640. The number of piperidine rings is 1. The van der Waals surface area contributed by atoms with E-state index >= 15 is 0 Å². The van der Waals surface area contributed by atoms with Crippen molar-refractivity contribution < 1.29 is 27.6 Å². The molecule has 156 valence electrons. The van der Waals surface area contributed by atoms with E-state index in [1.165, 1.54) is 4.90 Å². The molecule has 3 aliphatic heterocycles. The van der Waals surface area contributed by atoms with Gasteiger partial charge in [-0.05, 0) is 36.6 Å². The molecule has 2 atom stereocenters. The molecule has 4 rings (SSSR count). The highest BCUT2D eigenvalue weighted by Gasteiger charge is 2.55. The van der Waals surface area contributed by atoms with Gasteiger partial charge in [0.15, 0.2) is 0 Å². The summed E-state index contributed by atoms with van der Waals surface area (Å²) in [6.45, 7) is 0.310. The molecule has 0 aromatic heterocycles. The number of amides is 3. The lowest BCUT2D eigenvalue weighted by Crippen LogP contribution is -2.57. The second-order valence-corrected chi connectivity index (χ2v) is 7.75. The van der Waals surface area contributed by atoms with Crippen molar-refractivity contribution in [3.63, 3.8) is 0 Å². The van der Waals surface area contributed by atoms with E-state index in [-0.39, 0.29) is 57.3 Å². The molecule has 7 nitrogen and oxygen atoms in total. The maximum absolute atomic E-state index is 13.5. The molecule has 2 fully saturated rings. The van der Waals surface area contributed by atoms with Crippen molar-refractivity contribution in [1.82, 2.24) is 20.9 Å². The number of carbonyl (C=O) groups is 3. The van der Waals surface area contributed by atoms with E-state index < -0.39 is 23.7 Å². The highest BCUT2D eigenvalue weighted by Crippen LogP contribution is 2.35. The molecule has 2 saturated heterocycles. The highest BCUT2D eigenvalue weighted by molar-refractivity contribution is 6.05. The first-order valence-electron chi connectivity index (χ1n) is 9.49. The predicted octanol–water partition coefficient (Wildman–Crippen LogP) is 0.832. The molecule has 2 unspecified atom stereocenters. The molecule has 3 heterocycles. The average Bonchev–Trinajstić information content (AvgIpc) is 3.26. The van der Waals surface area contributed by atoms with Crippen molar-refractivity contribution >= 4 is 17.7 Å². The average molecular weight is 410 g/mol. The van der Waals surface area contributed by atoms with E-state index in [9.17, 15) is 27.6 Å². The highest BCUT2D eigenvalue weighted by atomic mass is 19.4. The molecule has 3 aliphatic rings. The van der Waals surface area contributed by atoms with Gasteiger partial charge in [0.1, 0.15) is 11.6 Å². The third-order valence-corrected chi connectivity index (χ3v) is 5.92. The van der Waals surface area contributed by atoms with Gasteiger partial charge in [0.05, 0.1) is 0 Å². The Hall–Kier alpha value is -2.46. The van der Waals surface area contributed by atoms with Gasteiger partial charge in [-0.1, -0.05) is 12.1 Å². The van der Waals surface area contributed by atoms with E-state index in [4.69, 9.17) is 0 Å². The molecule has 0 aliphatic carbocycles. The Morgan fingerprint density at radius 2 is 2.03 bits per heavy atom. The van der Waals surface area contributed by atoms with Gasteiger partial charge in [-0.2, -0.15) is 13.2 Å². The van der Waals surface area contributed by atoms with Crippen LogP contribution in [-0.4, -0.2) is 53.5 Å². The van der Waals surface area contributed by atoms with Crippen molar-refractivity contribution in [1.29, 1.82) is 0 Å². The minimum Gasteiger partial charge on any atom is -0.322 e. The molecule has 1 aromatic carbocycles. The maximum atomic E-state index is 13.5. The van der Waals surface area contributed by atoms with E-state index in [0.717, 1.165) is 5.56 Å². The fraction of sp³-hybridized carbons (Fsp3) is 0.526. The zero-order chi connectivity index (χ0) is 20.8. The number of rotatable bonds is 4. The fourth-order valence-corrected chi connectivity index (χ4v) is 4.17. The van der Waals surface area contributed by atoms with Gasteiger partial charge in [-0.25, -0.2) is 0 Å². The third kappa shape index (κ3) is 3.51. The number of nitrogens with zero attached hydrogens (tertiary/aromatic N) is 1. The summed E-state index contributed by atoms with van der Waals surface area (Å²) in [7, 11) is 0. The molecule has 1 aromatic rings. The third-order valence-electron chi connectivity index (χ3n) is 5.92. The van der Waals surface area contributed by atoms with Crippen LogP contribution >= 0.6 is 0 Å². The summed E-state index contributed by atoms with van der Waals surface area (Å²) in [4.78, 5) is 37.6. The number of carbonyl (C=O) groups excluding carboxylic acids is 3. The zero-order valence-corrected chi connectivity index (χ0v) is 15.6. The summed E-state index contributed by atoms with van der Waals surface area (Å²) >= 11 is 0. The lowest BCUT2D eigenvalue weighted by Gasteiger charge is -2.32. The van der Waals surface area contributed by atoms with Crippen molar-refractivity contribution in [3.8, 4) is 0 Å². The van der Waals surface area contributed by atoms with Gasteiger partial charge in [0.25, 0.3) is 5.91 Å². The first-order valence-corrected chi connectivity index (χ1v) is 9.49. The number of benzene rings is 1. The summed E-state index contributed by atoms with van der Waals surface area (Å²) in [5, 5.41) is 7.62. The van der Waals surface area contributed by atoms with Crippen LogP contribution in [0.2, 0.25) is 0 Å². The Morgan fingerprint density at radius 1 is 1.24 bits per heavy atom.